The van der Waals surface area contributed by atoms with Crippen molar-refractivity contribution in [2.45, 2.75) is 0 Å². The first kappa shape index (κ1) is 12.2. The molecule has 0 amide bonds. The molecule has 0 unspecified atom stereocenters. The molecule has 0 aliphatic heterocycles. The lowest BCUT2D eigenvalue weighted by atomic mass is 10.1. The third-order valence-electron chi connectivity index (χ3n) is 2.81. The van der Waals surface area contributed by atoms with Gasteiger partial charge in [-0.15, -0.1) is 0 Å². The third-order valence-corrected chi connectivity index (χ3v) is 2.81. The second-order valence-electron chi connectivity index (χ2n) is 4.20. The molecule has 4 nitrogen and oxygen atoms in total. The minimum atomic E-state index is -0.543. The molecule has 5 heteroatoms. The number of carbonyl (C=O) groups excluding carboxylic acids is 1. The molecule has 20 heavy (non-hydrogen) atoms. The van der Waals surface area contributed by atoms with E-state index in [9.17, 15) is 9.18 Å². The first-order chi connectivity index (χ1) is 9.74. The van der Waals surface area contributed by atoms with Crippen molar-refractivity contribution in [3.05, 3.63) is 78.1 Å². The van der Waals surface area contributed by atoms with Gasteiger partial charge in [-0.05, 0) is 24.3 Å². The van der Waals surface area contributed by atoms with E-state index in [4.69, 9.17) is 0 Å². The van der Waals surface area contributed by atoms with Crippen LogP contribution in [0.4, 0.5) is 4.39 Å². The van der Waals surface area contributed by atoms with Gasteiger partial charge in [-0.3, -0.25) is 9.78 Å². The minimum absolute atomic E-state index is 0.184. The SMILES string of the molecule is O=C(c1cncc(F)c1)c1ccn(-c2ccccc2)n1. The van der Waals surface area contributed by atoms with Crippen LogP contribution < -0.4 is 0 Å². The first-order valence-corrected chi connectivity index (χ1v) is 6.00. The van der Waals surface area contributed by atoms with Gasteiger partial charge in [-0.1, -0.05) is 18.2 Å². The molecule has 0 N–H and O–H groups in total. The molecule has 98 valence electrons. The van der Waals surface area contributed by atoms with E-state index in [0.29, 0.717) is 0 Å². The van der Waals surface area contributed by atoms with Gasteiger partial charge in [0, 0.05) is 18.0 Å². The van der Waals surface area contributed by atoms with E-state index in [1.54, 1.807) is 16.9 Å². The van der Waals surface area contributed by atoms with Crippen LogP contribution in [0.3, 0.4) is 0 Å². The van der Waals surface area contributed by atoms with Gasteiger partial charge >= 0.3 is 0 Å². The number of rotatable bonds is 3. The van der Waals surface area contributed by atoms with Gasteiger partial charge in [-0.2, -0.15) is 5.10 Å². The molecule has 0 saturated heterocycles. The average Bonchev–Trinajstić information content (AvgIpc) is 2.97. The van der Waals surface area contributed by atoms with Crippen LogP contribution in [0.1, 0.15) is 16.1 Å². The van der Waals surface area contributed by atoms with Gasteiger partial charge in [0.1, 0.15) is 11.5 Å². The molecule has 1 aromatic carbocycles. The molecule has 0 atom stereocenters. The molecule has 0 aliphatic rings. The van der Waals surface area contributed by atoms with Crippen molar-refractivity contribution < 1.29 is 9.18 Å². The van der Waals surface area contributed by atoms with Crippen molar-refractivity contribution in [2.75, 3.05) is 0 Å². The van der Waals surface area contributed by atoms with Crippen LogP contribution in [-0.2, 0) is 0 Å². The maximum absolute atomic E-state index is 13.1. The summed E-state index contributed by atoms with van der Waals surface area (Å²) < 4.78 is 14.7. The molecular weight excluding hydrogens is 257 g/mol. The summed E-state index contributed by atoms with van der Waals surface area (Å²) in [6, 6.07) is 12.2. The molecule has 0 saturated carbocycles. The second-order valence-corrected chi connectivity index (χ2v) is 4.20. The van der Waals surface area contributed by atoms with E-state index in [1.165, 1.54) is 6.20 Å². The maximum Gasteiger partial charge on any atom is 0.214 e. The lowest BCUT2D eigenvalue weighted by molar-refractivity contribution is 0.103. The number of aromatic nitrogens is 3. The highest BCUT2D eigenvalue weighted by atomic mass is 19.1. The Balaban J connectivity index is 1.93. The third kappa shape index (κ3) is 2.33. The molecule has 2 aromatic heterocycles. The Morgan fingerprint density at radius 3 is 2.65 bits per heavy atom. The number of benzene rings is 1. The van der Waals surface area contributed by atoms with Gasteiger partial charge in [0.25, 0.3) is 0 Å². The van der Waals surface area contributed by atoms with Crippen molar-refractivity contribution >= 4 is 5.78 Å². The monoisotopic (exact) mass is 267 g/mol. The van der Waals surface area contributed by atoms with Gasteiger partial charge in [0.05, 0.1) is 11.9 Å². The largest absolute Gasteiger partial charge is 0.287 e. The zero-order valence-electron chi connectivity index (χ0n) is 10.4. The predicted octanol–water partition coefficient (Wildman–Crippen LogP) is 2.64. The van der Waals surface area contributed by atoms with Crippen molar-refractivity contribution in [1.82, 2.24) is 14.8 Å². The van der Waals surface area contributed by atoms with Crippen LogP contribution in [0.5, 0.6) is 0 Å². The van der Waals surface area contributed by atoms with E-state index in [1.807, 2.05) is 30.3 Å². The van der Waals surface area contributed by atoms with Crippen LogP contribution >= 0.6 is 0 Å². The van der Waals surface area contributed by atoms with Crippen LogP contribution in [0.15, 0.2) is 61.1 Å². The second kappa shape index (κ2) is 5.05. The van der Waals surface area contributed by atoms with Gasteiger partial charge in [0.15, 0.2) is 0 Å². The Hall–Kier alpha value is -2.82. The topological polar surface area (TPSA) is 47.8 Å². The van der Waals surface area contributed by atoms with Gasteiger partial charge in [-0.25, -0.2) is 9.07 Å². The Kier molecular flexibility index (Phi) is 3.09. The van der Waals surface area contributed by atoms with Gasteiger partial charge in [0.2, 0.25) is 5.78 Å². The summed E-state index contributed by atoms with van der Waals surface area (Å²) in [5.41, 5.74) is 1.29. The molecule has 3 rings (SSSR count). The standard InChI is InChI=1S/C15H10FN3O/c16-12-8-11(9-17-10-12)15(20)14-6-7-19(18-14)13-4-2-1-3-5-13/h1-10H. The zero-order chi connectivity index (χ0) is 13.9. The number of ketones is 1. The summed E-state index contributed by atoms with van der Waals surface area (Å²) >= 11 is 0. The number of pyridine rings is 1. The van der Waals surface area contributed by atoms with E-state index < -0.39 is 5.82 Å². The minimum Gasteiger partial charge on any atom is -0.287 e. The number of hydrogen-bond acceptors (Lipinski definition) is 3. The van der Waals surface area contributed by atoms with Crippen LogP contribution in [-0.4, -0.2) is 20.5 Å². The van der Waals surface area contributed by atoms with Crippen molar-refractivity contribution in [2.24, 2.45) is 0 Å². The number of para-hydroxylation sites is 1. The number of halogens is 1. The molecule has 2 heterocycles. The molecular formula is C15H10FN3O. The van der Waals surface area contributed by atoms with Crippen LogP contribution in [0.2, 0.25) is 0 Å². The number of hydrogen-bond donors (Lipinski definition) is 0. The lowest BCUT2D eigenvalue weighted by Crippen LogP contribution is -2.05. The molecule has 3 aromatic rings. The van der Waals surface area contributed by atoms with Crippen molar-refractivity contribution in [3.8, 4) is 5.69 Å². The lowest BCUT2D eigenvalue weighted by Gasteiger charge is -2.00. The van der Waals surface area contributed by atoms with Crippen LogP contribution in [0.25, 0.3) is 5.69 Å². The zero-order valence-corrected chi connectivity index (χ0v) is 10.4. The molecule has 0 radical (unpaired) electrons. The summed E-state index contributed by atoms with van der Waals surface area (Å²) in [6.07, 6.45) is 4.07. The van der Waals surface area contributed by atoms with E-state index in [0.717, 1.165) is 18.0 Å². The van der Waals surface area contributed by atoms with E-state index in [-0.39, 0.29) is 17.0 Å². The maximum atomic E-state index is 13.1. The molecule has 0 aliphatic carbocycles. The fourth-order valence-electron chi connectivity index (χ4n) is 1.85. The first-order valence-electron chi connectivity index (χ1n) is 6.00. The summed E-state index contributed by atoms with van der Waals surface area (Å²) in [7, 11) is 0. The summed E-state index contributed by atoms with van der Waals surface area (Å²) in [6.45, 7) is 0. The molecule has 0 fully saturated rings. The van der Waals surface area contributed by atoms with Crippen molar-refractivity contribution in [1.29, 1.82) is 0 Å². The van der Waals surface area contributed by atoms with Crippen molar-refractivity contribution in [3.63, 3.8) is 0 Å². The Morgan fingerprint density at radius 2 is 1.90 bits per heavy atom. The number of nitrogens with zero attached hydrogens (tertiary/aromatic N) is 3. The summed E-state index contributed by atoms with van der Waals surface area (Å²) in [5.74, 6) is -0.898. The Labute approximate surface area is 114 Å². The fraction of sp³-hybridized carbons (Fsp3) is 0. The normalized spacial score (nSPS) is 10.4. The van der Waals surface area contributed by atoms with E-state index in [2.05, 4.69) is 10.1 Å². The van der Waals surface area contributed by atoms with E-state index >= 15 is 0 Å². The van der Waals surface area contributed by atoms with Gasteiger partial charge < -0.3 is 0 Å². The summed E-state index contributed by atoms with van der Waals surface area (Å²) in [4.78, 5) is 15.8. The summed E-state index contributed by atoms with van der Waals surface area (Å²) in [5, 5.41) is 4.20. The quantitative estimate of drug-likeness (QED) is 0.685. The highest BCUT2D eigenvalue weighted by Crippen LogP contribution is 2.11. The highest BCUT2D eigenvalue weighted by molar-refractivity contribution is 6.07. The molecule has 0 bridgehead atoms. The Bertz CT molecular complexity index is 753. The van der Waals surface area contributed by atoms with Crippen LogP contribution in [0, 0.1) is 5.82 Å². The smallest absolute Gasteiger partial charge is 0.214 e. The molecule has 0 spiro atoms. The number of carbonyl (C=O) groups is 1. The predicted molar refractivity (Wildman–Crippen MR) is 71.2 cm³/mol. The highest BCUT2D eigenvalue weighted by Gasteiger charge is 2.13. The average molecular weight is 267 g/mol. The Morgan fingerprint density at radius 1 is 1.10 bits per heavy atom. The fourth-order valence-corrected chi connectivity index (χ4v) is 1.85.